The lowest BCUT2D eigenvalue weighted by molar-refractivity contribution is 0.462. The normalized spacial score (nSPS) is 10.8. The van der Waals surface area contributed by atoms with Crippen LogP contribution in [0, 0.1) is 0 Å². The molecule has 0 aromatic carbocycles. The van der Waals surface area contributed by atoms with E-state index in [4.69, 9.17) is 0 Å². The Balaban J connectivity index is 2.48. The van der Waals surface area contributed by atoms with Crippen molar-refractivity contribution in [3.8, 4) is 17.3 Å². The average Bonchev–Trinajstić information content (AvgIpc) is 2.74. The van der Waals surface area contributed by atoms with Gasteiger partial charge in [0.1, 0.15) is 0 Å². The summed E-state index contributed by atoms with van der Waals surface area (Å²) < 4.78 is 0.866. The summed E-state index contributed by atoms with van der Waals surface area (Å²) in [7, 11) is 0. The first-order valence-electron chi connectivity index (χ1n) is 4.94. The van der Waals surface area contributed by atoms with E-state index in [0.29, 0.717) is 0 Å². The first-order valence-corrected chi connectivity index (χ1v) is 5.82. The number of aromatic nitrogens is 2. The third-order valence-electron chi connectivity index (χ3n) is 2.48. The van der Waals surface area contributed by atoms with Crippen LogP contribution in [-0.2, 0) is 0 Å². The fourth-order valence-corrected chi connectivity index (χ4v) is 2.48. The zero-order valence-corrected chi connectivity index (χ0v) is 9.21. The van der Waals surface area contributed by atoms with Gasteiger partial charge in [0.2, 0.25) is 5.88 Å². The molecule has 0 unspecified atom stereocenters. The van der Waals surface area contributed by atoms with Crippen LogP contribution < -0.4 is 0 Å². The largest absolute Gasteiger partial charge is 0.494 e. The third kappa shape index (κ3) is 1.44. The van der Waals surface area contributed by atoms with Crippen LogP contribution in [0.1, 0.15) is 0 Å². The number of nitrogens with one attached hydrogen (secondary N) is 2. The lowest BCUT2D eigenvalue weighted by atomic mass is 10.2. The van der Waals surface area contributed by atoms with Crippen molar-refractivity contribution in [2.75, 3.05) is 0 Å². The third-order valence-corrected chi connectivity index (χ3v) is 3.42. The summed E-state index contributed by atoms with van der Waals surface area (Å²) in [5, 5.41) is 13.0. The molecule has 0 fully saturated rings. The molecule has 0 saturated heterocycles. The summed E-state index contributed by atoms with van der Waals surface area (Å²) in [5.74, 6) is 0.204. The number of hydrogen-bond acceptors (Lipinski definition) is 2. The minimum absolute atomic E-state index is 0.204. The lowest BCUT2D eigenvalue weighted by Gasteiger charge is -2.03. The molecule has 0 atom stereocenters. The van der Waals surface area contributed by atoms with Crippen molar-refractivity contribution >= 4 is 21.4 Å². The number of rotatable bonds is 0. The smallest absolute Gasteiger partial charge is 0.207 e. The monoisotopic (exact) mass is 230 g/mol. The van der Waals surface area contributed by atoms with Gasteiger partial charge in [-0.15, -0.1) is 11.3 Å². The first-order chi connectivity index (χ1) is 7.84. The molecule has 3 nitrogen and oxygen atoms in total. The molecule has 80 valence electrons. The molecule has 1 aromatic heterocycles. The first kappa shape index (κ1) is 9.30. The van der Waals surface area contributed by atoms with Crippen LogP contribution in [0.15, 0.2) is 41.9 Å². The summed E-state index contributed by atoms with van der Waals surface area (Å²) in [5.41, 5.74) is 1.82. The second kappa shape index (κ2) is 3.57. The van der Waals surface area contributed by atoms with E-state index >= 15 is 0 Å². The van der Waals surface area contributed by atoms with E-state index in [9.17, 15) is 5.11 Å². The molecule has 16 heavy (non-hydrogen) atoms. The second-order valence-corrected chi connectivity index (χ2v) is 4.43. The van der Waals surface area contributed by atoms with Gasteiger partial charge in [-0.3, -0.25) is 0 Å². The summed E-state index contributed by atoms with van der Waals surface area (Å²) >= 11 is 1.52. The van der Waals surface area contributed by atoms with Crippen LogP contribution in [0.4, 0.5) is 0 Å². The molecule has 3 rings (SSSR count). The molecule has 4 heteroatoms. The Morgan fingerprint density at radius 2 is 2.00 bits per heavy atom. The van der Waals surface area contributed by atoms with E-state index in [0.717, 1.165) is 21.5 Å². The van der Waals surface area contributed by atoms with Crippen molar-refractivity contribution in [1.82, 2.24) is 9.97 Å². The van der Waals surface area contributed by atoms with Gasteiger partial charge in [0.25, 0.3) is 0 Å². The summed E-state index contributed by atoms with van der Waals surface area (Å²) in [6, 6.07) is 9.80. The van der Waals surface area contributed by atoms with E-state index in [1.807, 2.05) is 41.9 Å². The van der Waals surface area contributed by atoms with Gasteiger partial charge in [-0.2, -0.15) is 0 Å². The predicted octanol–water partition coefficient (Wildman–Crippen LogP) is 3.49. The highest BCUT2D eigenvalue weighted by Gasteiger charge is 2.02. The van der Waals surface area contributed by atoms with Crippen molar-refractivity contribution in [3.63, 3.8) is 0 Å². The highest BCUT2D eigenvalue weighted by molar-refractivity contribution is 7.17. The average molecular weight is 230 g/mol. The predicted molar refractivity (Wildman–Crippen MR) is 66.4 cm³/mol. The van der Waals surface area contributed by atoms with Crippen LogP contribution in [0.25, 0.3) is 21.5 Å². The van der Waals surface area contributed by atoms with Crippen molar-refractivity contribution in [3.05, 3.63) is 41.9 Å². The zero-order chi connectivity index (χ0) is 11.0. The Labute approximate surface area is 96.0 Å². The Morgan fingerprint density at radius 1 is 1.06 bits per heavy atom. The van der Waals surface area contributed by atoms with Gasteiger partial charge in [-0.25, -0.2) is 0 Å². The number of H-pyrrole nitrogens is 2. The fourth-order valence-electron chi connectivity index (χ4n) is 1.70. The molecule has 0 radical (unpaired) electrons. The van der Waals surface area contributed by atoms with Crippen LogP contribution >= 0.6 is 11.3 Å². The number of hydrogen-bond donors (Lipinski definition) is 3. The summed E-state index contributed by atoms with van der Waals surface area (Å²) in [4.78, 5) is 6.13. The molecule has 2 aliphatic rings. The number of pyridine rings is 1. The molecule has 0 spiro atoms. The molecule has 0 aliphatic carbocycles. The second-order valence-electron chi connectivity index (χ2n) is 3.51. The van der Waals surface area contributed by atoms with E-state index in [-0.39, 0.29) is 5.88 Å². The van der Waals surface area contributed by atoms with Gasteiger partial charge in [-0.1, -0.05) is 6.07 Å². The number of aromatic hydroxyl groups is 1. The Bertz CT molecular complexity index is 648. The van der Waals surface area contributed by atoms with Crippen molar-refractivity contribution in [1.29, 1.82) is 0 Å². The van der Waals surface area contributed by atoms with Gasteiger partial charge < -0.3 is 15.1 Å². The fraction of sp³-hybridized carbons (Fsp3) is 0. The van der Waals surface area contributed by atoms with Crippen LogP contribution in [0.3, 0.4) is 0 Å². The van der Waals surface area contributed by atoms with Crippen molar-refractivity contribution < 1.29 is 5.11 Å². The van der Waals surface area contributed by atoms with Gasteiger partial charge in [-0.05, 0) is 35.0 Å². The maximum atomic E-state index is 9.97. The van der Waals surface area contributed by atoms with Gasteiger partial charge in [0.05, 0.1) is 16.1 Å². The number of fused-ring (bicyclic) bond motifs is 2. The van der Waals surface area contributed by atoms with Crippen LogP contribution in [-0.4, -0.2) is 15.1 Å². The topological polar surface area (TPSA) is 51.8 Å². The molecule has 0 amide bonds. The maximum absolute atomic E-state index is 9.97. The maximum Gasteiger partial charge on any atom is 0.207 e. The molecular weight excluding hydrogens is 220 g/mol. The Kier molecular flexibility index (Phi) is 2.08. The molecule has 3 heterocycles. The lowest BCUT2D eigenvalue weighted by Crippen LogP contribution is -1.86. The summed E-state index contributed by atoms with van der Waals surface area (Å²) in [6.07, 6.45) is 1.86. The Morgan fingerprint density at radius 3 is 2.94 bits per heavy atom. The van der Waals surface area contributed by atoms with Crippen LogP contribution in [0.5, 0.6) is 5.88 Å². The highest BCUT2D eigenvalue weighted by Crippen LogP contribution is 2.28. The number of aromatic amines is 2. The van der Waals surface area contributed by atoms with E-state index in [1.165, 1.54) is 11.3 Å². The molecule has 3 N–H and O–H groups in total. The van der Waals surface area contributed by atoms with E-state index < -0.39 is 0 Å². The standard InChI is InChI=1S/C12H10N2OS/c15-12-11-8(5-7-16-11)3-4-9-10(14-12)2-1-6-13-9/h1-7,13-15H. The van der Waals surface area contributed by atoms with Gasteiger partial charge in [0, 0.05) is 6.20 Å². The van der Waals surface area contributed by atoms with Crippen LogP contribution in [0.2, 0.25) is 0 Å². The van der Waals surface area contributed by atoms with E-state index in [2.05, 4.69) is 9.97 Å². The van der Waals surface area contributed by atoms with Gasteiger partial charge in [0.15, 0.2) is 0 Å². The van der Waals surface area contributed by atoms with Gasteiger partial charge >= 0.3 is 0 Å². The van der Waals surface area contributed by atoms with E-state index in [1.54, 1.807) is 0 Å². The SMILES string of the molecule is Oc1[nH]c2ccc[nH]c-2ccc2ccsc12. The quantitative estimate of drug-likeness (QED) is 0.544. The van der Waals surface area contributed by atoms with Crippen molar-refractivity contribution in [2.45, 2.75) is 0 Å². The molecular formula is C12H10N2OS. The Hall–Kier alpha value is -1.94. The molecule has 0 bridgehead atoms. The minimum Gasteiger partial charge on any atom is -0.494 e. The molecule has 1 aromatic rings. The molecule has 0 saturated carbocycles. The summed E-state index contributed by atoms with van der Waals surface area (Å²) in [6.45, 7) is 0. The van der Waals surface area contributed by atoms with Crippen molar-refractivity contribution in [2.24, 2.45) is 0 Å². The minimum atomic E-state index is 0.204. The number of thiophene rings is 1. The molecule has 2 aliphatic heterocycles. The highest BCUT2D eigenvalue weighted by atomic mass is 32.1. The zero-order valence-electron chi connectivity index (χ0n) is 8.40.